The van der Waals surface area contributed by atoms with Crippen LogP contribution >= 0.6 is 11.6 Å². The summed E-state index contributed by atoms with van der Waals surface area (Å²) in [4.78, 5) is 8.49. The molecule has 2 aromatic rings. The molecule has 136 valence electrons. The van der Waals surface area contributed by atoms with Crippen molar-refractivity contribution in [2.24, 2.45) is 5.92 Å². The number of aryl methyl sites for hydroxylation is 1. The van der Waals surface area contributed by atoms with Crippen LogP contribution in [-0.4, -0.2) is 16.5 Å². The molecule has 0 radical (unpaired) electrons. The molecule has 0 aliphatic rings. The van der Waals surface area contributed by atoms with E-state index in [4.69, 9.17) is 11.6 Å². The molecule has 0 bridgehead atoms. The molecule has 2 rings (SSSR count). The molecule has 1 aromatic heterocycles. The van der Waals surface area contributed by atoms with Gasteiger partial charge in [0.1, 0.15) is 5.82 Å². The van der Waals surface area contributed by atoms with Crippen molar-refractivity contribution in [3.63, 3.8) is 0 Å². The van der Waals surface area contributed by atoms with Gasteiger partial charge in [-0.15, -0.1) is 0 Å². The van der Waals surface area contributed by atoms with Crippen molar-refractivity contribution in [1.29, 1.82) is 0 Å². The Morgan fingerprint density at radius 1 is 1.16 bits per heavy atom. The van der Waals surface area contributed by atoms with Crippen LogP contribution < -0.4 is 10.6 Å². The minimum absolute atomic E-state index is 0.107. The van der Waals surface area contributed by atoms with E-state index in [2.05, 4.69) is 34.4 Å². The van der Waals surface area contributed by atoms with Gasteiger partial charge in [-0.3, -0.25) is 0 Å². The van der Waals surface area contributed by atoms with Crippen molar-refractivity contribution < 1.29 is 13.2 Å². The summed E-state index contributed by atoms with van der Waals surface area (Å²) in [6.07, 6.45) is -3.47. The van der Waals surface area contributed by atoms with Gasteiger partial charge in [0.15, 0.2) is 0 Å². The Balaban J connectivity index is 2.21. The van der Waals surface area contributed by atoms with E-state index in [1.54, 1.807) is 13.0 Å². The monoisotopic (exact) mass is 372 g/mol. The Morgan fingerprint density at radius 2 is 1.88 bits per heavy atom. The van der Waals surface area contributed by atoms with Crippen molar-refractivity contribution in [3.05, 3.63) is 40.5 Å². The molecule has 0 amide bonds. The van der Waals surface area contributed by atoms with Crippen LogP contribution in [0.3, 0.4) is 0 Å². The van der Waals surface area contributed by atoms with Gasteiger partial charge in [0.2, 0.25) is 5.95 Å². The van der Waals surface area contributed by atoms with Gasteiger partial charge in [0.05, 0.1) is 16.3 Å². The SMILES string of the molecule is Cc1cc(NCCC(C)C)nc(Nc2cc(C(F)(F)F)ccc2Cl)n1. The van der Waals surface area contributed by atoms with Crippen LogP contribution in [0.1, 0.15) is 31.5 Å². The number of hydrogen-bond donors (Lipinski definition) is 2. The first-order chi connectivity index (χ1) is 11.6. The lowest BCUT2D eigenvalue weighted by Gasteiger charge is -2.13. The van der Waals surface area contributed by atoms with E-state index in [1.165, 1.54) is 6.07 Å². The summed E-state index contributed by atoms with van der Waals surface area (Å²) in [5.41, 5.74) is 0.00482. The van der Waals surface area contributed by atoms with E-state index in [1.807, 2.05) is 0 Å². The summed E-state index contributed by atoms with van der Waals surface area (Å²) < 4.78 is 38.6. The third-order valence-electron chi connectivity index (χ3n) is 3.42. The van der Waals surface area contributed by atoms with Gasteiger partial charge in [-0.05, 0) is 37.5 Å². The second kappa shape index (κ2) is 7.91. The molecule has 0 saturated carbocycles. The second-order valence-electron chi connectivity index (χ2n) is 6.14. The lowest BCUT2D eigenvalue weighted by atomic mass is 10.1. The van der Waals surface area contributed by atoms with Gasteiger partial charge in [0.25, 0.3) is 0 Å². The topological polar surface area (TPSA) is 49.8 Å². The van der Waals surface area contributed by atoms with Crippen molar-refractivity contribution in [2.45, 2.75) is 33.4 Å². The summed E-state index contributed by atoms with van der Waals surface area (Å²) in [7, 11) is 0. The number of anilines is 3. The molecule has 0 spiro atoms. The smallest absolute Gasteiger partial charge is 0.370 e. The Labute approximate surface area is 149 Å². The van der Waals surface area contributed by atoms with Crippen molar-refractivity contribution in [1.82, 2.24) is 9.97 Å². The van der Waals surface area contributed by atoms with Crippen LogP contribution in [0.25, 0.3) is 0 Å². The number of nitrogens with one attached hydrogen (secondary N) is 2. The average molecular weight is 373 g/mol. The van der Waals surface area contributed by atoms with Gasteiger partial charge in [-0.2, -0.15) is 18.2 Å². The van der Waals surface area contributed by atoms with E-state index in [-0.39, 0.29) is 16.7 Å². The highest BCUT2D eigenvalue weighted by Crippen LogP contribution is 2.34. The van der Waals surface area contributed by atoms with Crippen LogP contribution in [0.5, 0.6) is 0 Å². The maximum absolute atomic E-state index is 12.9. The van der Waals surface area contributed by atoms with Crippen LogP contribution in [0, 0.1) is 12.8 Å². The van der Waals surface area contributed by atoms with Gasteiger partial charge in [-0.1, -0.05) is 25.4 Å². The molecular formula is C17H20ClF3N4. The number of rotatable bonds is 6. The zero-order valence-corrected chi connectivity index (χ0v) is 15.0. The van der Waals surface area contributed by atoms with E-state index in [0.717, 1.165) is 25.1 Å². The summed E-state index contributed by atoms with van der Waals surface area (Å²) >= 11 is 5.99. The number of aromatic nitrogens is 2. The highest BCUT2D eigenvalue weighted by molar-refractivity contribution is 6.33. The van der Waals surface area contributed by atoms with E-state index in [9.17, 15) is 13.2 Å². The molecule has 0 aliphatic carbocycles. The first-order valence-electron chi connectivity index (χ1n) is 7.88. The van der Waals surface area contributed by atoms with Crippen LogP contribution in [0.15, 0.2) is 24.3 Å². The molecule has 0 fully saturated rings. The van der Waals surface area contributed by atoms with E-state index in [0.29, 0.717) is 17.4 Å². The number of benzene rings is 1. The van der Waals surface area contributed by atoms with Gasteiger partial charge < -0.3 is 10.6 Å². The van der Waals surface area contributed by atoms with Crippen molar-refractivity contribution in [3.8, 4) is 0 Å². The first kappa shape index (κ1) is 19.3. The average Bonchev–Trinajstić information content (AvgIpc) is 2.47. The zero-order chi connectivity index (χ0) is 18.6. The molecule has 0 aliphatic heterocycles. The van der Waals surface area contributed by atoms with Crippen molar-refractivity contribution >= 4 is 29.1 Å². The Bertz CT molecular complexity index is 732. The molecule has 8 heteroatoms. The van der Waals surface area contributed by atoms with Gasteiger partial charge >= 0.3 is 6.18 Å². The minimum Gasteiger partial charge on any atom is -0.370 e. The van der Waals surface area contributed by atoms with E-state index < -0.39 is 11.7 Å². The molecule has 0 saturated heterocycles. The highest BCUT2D eigenvalue weighted by atomic mass is 35.5. The maximum atomic E-state index is 12.9. The molecule has 1 heterocycles. The lowest BCUT2D eigenvalue weighted by Crippen LogP contribution is -2.09. The quantitative estimate of drug-likeness (QED) is 0.687. The third-order valence-corrected chi connectivity index (χ3v) is 3.75. The normalized spacial score (nSPS) is 11.7. The molecule has 0 atom stereocenters. The molecular weight excluding hydrogens is 353 g/mol. The third kappa shape index (κ3) is 5.77. The summed E-state index contributed by atoms with van der Waals surface area (Å²) in [5, 5.41) is 6.12. The largest absolute Gasteiger partial charge is 0.416 e. The molecule has 0 unspecified atom stereocenters. The Hall–Kier alpha value is -2.02. The summed E-state index contributed by atoms with van der Waals surface area (Å²) in [6, 6.07) is 4.85. The molecule has 25 heavy (non-hydrogen) atoms. The van der Waals surface area contributed by atoms with Gasteiger partial charge in [0, 0.05) is 18.3 Å². The maximum Gasteiger partial charge on any atom is 0.416 e. The minimum atomic E-state index is -4.45. The fourth-order valence-electron chi connectivity index (χ4n) is 2.12. The fourth-order valence-corrected chi connectivity index (χ4v) is 2.29. The Morgan fingerprint density at radius 3 is 2.52 bits per heavy atom. The standard InChI is InChI=1S/C17H20ClF3N4/c1-10(2)6-7-22-15-8-11(3)23-16(25-15)24-14-9-12(17(19,20)21)4-5-13(14)18/h4-5,8-10H,6-7H2,1-3H3,(H2,22,23,24,25). The van der Waals surface area contributed by atoms with Crippen LogP contribution in [-0.2, 0) is 6.18 Å². The van der Waals surface area contributed by atoms with E-state index >= 15 is 0 Å². The predicted octanol–water partition coefficient (Wildman–Crippen LogP) is 5.66. The molecule has 4 nitrogen and oxygen atoms in total. The Kier molecular flexibility index (Phi) is 6.11. The number of halogens is 4. The second-order valence-corrected chi connectivity index (χ2v) is 6.55. The molecule has 2 N–H and O–H groups in total. The summed E-state index contributed by atoms with van der Waals surface area (Å²) in [5.74, 6) is 1.35. The van der Waals surface area contributed by atoms with Crippen molar-refractivity contribution in [2.75, 3.05) is 17.2 Å². The lowest BCUT2D eigenvalue weighted by molar-refractivity contribution is -0.137. The van der Waals surface area contributed by atoms with Gasteiger partial charge in [-0.25, -0.2) is 4.98 Å². The number of hydrogen-bond acceptors (Lipinski definition) is 4. The number of alkyl halides is 3. The molecule has 1 aromatic carbocycles. The van der Waals surface area contributed by atoms with Crippen LogP contribution in [0.4, 0.5) is 30.6 Å². The summed E-state index contributed by atoms with van der Waals surface area (Å²) in [6.45, 7) is 6.77. The first-order valence-corrected chi connectivity index (χ1v) is 8.26. The predicted molar refractivity (Wildman–Crippen MR) is 94.5 cm³/mol. The number of nitrogens with zero attached hydrogens (tertiary/aromatic N) is 2. The zero-order valence-electron chi connectivity index (χ0n) is 14.2. The highest BCUT2D eigenvalue weighted by Gasteiger charge is 2.31. The fraction of sp³-hybridized carbons (Fsp3) is 0.412. The van der Waals surface area contributed by atoms with Crippen LogP contribution in [0.2, 0.25) is 5.02 Å².